The van der Waals surface area contributed by atoms with E-state index in [-0.39, 0.29) is 11.4 Å². The van der Waals surface area contributed by atoms with E-state index < -0.39 is 10.0 Å². The first kappa shape index (κ1) is 14.9. The molecule has 0 unspecified atom stereocenters. The molecule has 0 saturated carbocycles. The van der Waals surface area contributed by atoms with E-state index in [1.807, 2.05) is 11.0 Å². The predicted octanol–water partition coefficient (Wildman–Crippen LogP) is -0.000900. The third kappa shape index (κ3) is 2.70. The van der Waals surface area contributed by atoms with Crippen molar-refractivity contribution in [1.82, 2.24) is 14.9 Å². The van der Waals surface area contributed by atoms with E-state index in [9.17, 15) is 8.42 Å². The number of anilines is 1. The summed E-state index contributed by atoms with van der Waals surface area (Å²) in [6, 6.07) is 5.15. The number of aromatic nitrogens is 2. The van der Waals surface area contributed by atoms with Crippen LogP contribution >= 0.6 is 0 Å². The van der Waals surface area contributed by atoms with Crippen LogP contribution in [0.4, 0.5) is 5.69 Å². The van der Waals surface area contributed by atoms with Gasteiger partial charge in [0.25, 0.3) is 0 Å². The normalized spacial score (nSPS) is 14.4. The van der Waals surface area contributed by atoms with Gasteiger partial charge in [0.05, 0.1) is 18.0 Å². The summed E-state index contributed by atoms with van der Waals surface area (Å²) in [6.45, 7) is 1.44. The van der Waals surface area contributed by atoms with Crippen LogP contribution in [0, 0.1) is 0 Å². The molecule has 1 aromatic carbocycles. The molecular formula is C13H17N5O3S. The molecule has 1 aromatic heterocycles. The van der Waals surface area contributed by atoms with Crippen LogP contribution in [-0.4, -0.2) is 32.2 Å². The summed E-state index contributed by atoms with van der Waals surface area (Å²) < 4.78 is 31.2. The fourth-order valence-electron chi connectivity index (χ4n) is 2.48. The standard InChI is InChI=1S/C13H17N5O3S/c1-15-22(19,20)10-3-2-9-4-5-18(11(9)6-10)8-12-16-13(7-14)21-17-12/h2-3,6,15H,4-5,7-8,14H2,1H3. The molecule has 22 heavy (non-hydrogen) atoms. The predicted molar refractivity (Wildman–Crippen MR) is 79.6 cm³/mol. The zero-order chi connectivity index (χ0) is 15.7. The van der Waals surface area contributed by atoms with Crippen molar-refractivity contribution in [2.75, 3.05) is 18.5 Å². The molecule has 0 fully saturated rings. The maximum atomic E-state index is 11.9. The minimum Gasteiger partial charge on any atom is -0.363 e. The van der Waals surface area contributed by atoms with Crippen molar-refractivity contribution in [2.24, 2.45) is 5.73 Å². The SMILES string of the molecule is CNS(=O)(=O)c1ccc2c(c1)N(Cc1noc(CN)n1)CC2. The molecule has 0 spiro atoms. The summed E-state index contributed by atoms with van der Waals surface area (Å²) in [7, 11) is -2.06. The van der Waals surface area contributed by atoms with Crippen molar-refractivity contribution in [3.8, 4) is 0 Å². The first-order chi connectivity index (χ1) is 10.5. The number of hydrogen-bond donors (Lipinski definition) is 2. The summed E-state index contributed by atoms with van der Waals surface area (Å²) in [5.74, 6) is 0.927. The molecule has 8 nitrogen and oxygen atoms in total. The van der Waals surface area contributed by atoms with Gasteiger partial charge in [-0.15, -0.1) is 0 Å². The maximum absolute atomic E-state index is 11.9. The van der Waals surface area contributed by atoms with E-state index in [0.717, 1.165) is 24.2 Å². The van der Waals surface area contributed by atoms with Crippen LogP contribution in [0.15, 0.2) is 27.6 Å². The van der Waals surface area contributed by atoms with Gasteiger partial charge in [0, 0.05) is 12.2 Å². The van der Waals surface area contributed by atoms with Crippen molar-refractivity contribution >= 4 is 15.7 Å². The third-order valence-electron chi connectivity index (χ3n) is 3.64. The van der Waals surface area contributed by atoms with E-state index in [1.165, 1.54) is 7.05 Å². The molecular weight excluding hydrogens is 306 g/mol. The number of nitrogens with two attached hydrogens (primary N) is 1. The van der Waals surface area contributed by atoms with Gasteiger partial charge in [0.2, 0.25) is 15.9 Å². The Morgan fingerprint density at radius 2 is 2.27 bits per heavy atom. The molecule has 0 atom stereocenters. The highest BCUT2D eigenvalue weighted by molar-refractivity contribution is 7.89. The molecule has 1 aliphatic heterocycles. The van der Waals surface area contributed by atoms with Gasteiger partial charge in [-0.2, -0.15) is 4.98 Å². The number of hydrogen-bond acceptors (Lipinski definition) is 7. The zero-order valence-electron chi connectivity index (χ0n) is 12.1. The lowest BCUT2D eigenvalue weighted by atomic mass is 10.2. The van der Waals surface area contributed by atoms with Crippen molar-refractivity contribution in [3.05, 3.63) is 35.5 Å². The van der Waals surface area contributed by atoms with Crippen LogP contribution in [0.1, 0.15) is 17.3 Å². The third-order valence-corrected chi connectivity index (χ3v) is 5.06. The van der Waals surface area contributed by atoms with Crippen LogP contribution in [0.25, 0.3) is 0 Å². The fraction of sp³-hybridized carbons (Fsp3) is 0.385. The Balaban J connectivity index is 1.88. The van der Waals surface area contributed by atoms with E-state index in [4.69, 9.17) is 10.3 Å². The number of benzene rings is 1. The van der Waals surface area contributed by atoms with E-state index in [2.05, 4.69) is 14.9 Å². The largest absolute Gasteiger partial charge is 0.363 e. The Morgan fingerprint density at radius 1 is 1.45 bits per heavy atom. The fourth-order valence-corrected chi connectivity index (χ4v) is 3.23. The lowest BCUT2D eigenvalue weighted by Gasteiger charge is -2.17. The van der Waals surface area contributed by atoms with Crippen LogP contribution in [-0.2, 0) is 29.5 Å². The second-order valence-electron chi connectivity index (χ2n) is 4.98. The molecule has 118 valence electrons. The first-order valence-electron chi connectivity index (χ1n) is 6.86. The molecule has 2 aromatic rings. The lowest BCUT2D eigenvalue weighted by Crippen LogP contribution is -2.22. The molecule has 0 bridgehead atoms. The smallest absolute Gasteiger partial charge is 0.240 e. The molecule has 9 heteroatoms. The van der Waals surface area contributed by atoms with Gasteiger partial charge in [-0.3, -0.25) is 0 Å². The van der Waals surface area contributed by atoms with E-state index >= 15 is 0 Å². The second kappa shape index (κ2) is 5.67. The quantitative estimate of drug-likeness (QED) is 0.796. The number of fused-ring (bicyclic) bond motifs is 1. The zero-order valence-corrected chi connectivity index (χ0v) is 12.9. The molecule has 3 N–H and O–H groups in total. The van der Waals surface area contributed by atoms with E-state index in [0.29, 0.717) is 18.3 Å². The van der Waals surface area contributed by atoms with Gasteiger partial charge in [0.1, 0.15) is 0 Å². The Hall–Kier alpha value is -1.97. The highest BCUT2D eigenvalue weighted by atomic mass is 32.2. The molecule has 2 heterocycles. The second-order valence-corrected chi connectivity index (χ2v) is 6.86. The van der Waals surface area contributed by atoms with Gasteiger partial charge < -0.3 is 15.2 Å². The van der Waals surface area contributed by atoms with Crippen molar-refractivity contribution < 1.29 is 12.9 Å². The highest BCUT2D eigenvalue weighted by Gasteiger charge is 2.23. The van der Waals surface area contributed by atoms with Crippen molar-refractivity contribution in [1.29, 1.82) is 0 Å². The summed E-state index contributed by atoms with van der Waals surface area (Å²) in [5.41, 5.74) is 7.44. The minimum atomic E-state index is -3.46. The van der Waals surface area contributed by atoms with E-state index in [1.54, 1.807) is 12.1 Å². The Bertz CT molecular complexity index is 787. The van der Waals surface area contributed by atoms with Gasteiger partial charge in [-0.25, -0.2) is 13.1 Å². The molecule has 0 saturated heterocycles. The number of sulfonamides is 1. The summed E-state index contributed by atoms with van der Waals surface area (Å²) in [4.78, 5) is 6.46. The molecule has 0 aliphatic carbocycles. The van der Waals surface area contributed by atoms with Gasteiger partial charge >= 0.3 is 0 Å². The number of rotatable bonds is 5. The summed E-state index contributed by atoms with van der Waals surface area (Å²) in [6.07, 6.45) is 0.858. The van der Waals surface area contributed by atoms with Crippen LogP contribution in [0.2, 0.25) is 0 Å². The van der Waals surface area contributed by atoms with Crippen LogP contribution in [0.5, 0.6) is 0 Å². The van der Waals surface area contributed by atoms with Crippen molar-refractivity contribution in [3.63, 3.8) is 0 Å². The first-order valence-corrected chi connectivity index (χ1v) is 8.35. The van der Waals surface area contributed by atoms with Gasteiger partial charge in [0.15, 0.2) is 5.82 Å². The average Bonchev–Trinajstić information content (AvgIpc) is 3.14. The number of nitrogens with one attached hydrogen (secondary N) is 1. The summed E-state index contributed by atoms with van der Waals surface area (Å²) >= 11 is 0. The topological polar surface area (TPSA) is 114 Å². The number of nitrogens with zero attached hydrogens (tertiary/aromatic N) is 3. The Labute approximate surface area is 128 Å². The minimum absolute atomic E-state index is 0.203. The Morgan fingerprint density at radius 3 is 2.95 bits per heavy atom. The molecule has 0 amide bonds. The van der Waals surface area contributed by atoms with Crippen molar-refractivity contribution in [2.45, 2.75) is 24.4 Å². The van der Waals surface area contributed by atoms with Crippen LogP contribution < -0.4 is 15.4 Å². The molecule has 3 rings (SSSR count). The highest BCUT2D eigenvalue weighted by Crippen LogP contribution is 2.31. The lowest BCUT2D eigenvalue weighted by molar-refractivity contribution is 0.374. The van der Waals surface area contributed by atoms with Crippen LogP contribution in [0.3, 0.4) is 0 Å². The summed E-state index contributed by atoms with van der Waals surface area (Å²) in [5, 5.41) is 3.87. The average molecular weight is 323 g/mol. The Kier molecular flexibility index (Phi) is 3.85. The van der Waals surface area contributed by atoms with Gasteiger partial charge in [-0.05, 0) is 31.2 Å². The molecule has 0 radical (unpaired) electrons. The van der Waals surface area contributed by atoms with Gasteiger partial charge in [-0.1, -0.05) is 11.2 Å². The maximum Gasteiger partial charge on any atom is 0.240 e. The monoisotopic (exact) mass is 323 g/mol. The molecule has 1 aliphatic rings.